The van der Waals surface area contributed by atoms with E-state index in [1.165, 1.54) is 19.2 Å². The number of hydrogen-bond donors (Lipinski definition) is 1. The molecule has 9 nitrogen and oxygen atoms in total. The van der Waals surface area contributed by atoms with Gasteiger partial charge in [0.15, 0.2) is 5.82 Å². The summed E-state index contributed by atoms with van der Waals surface area (Å²) in [5.41, 5.74) is -1.36. The lowest BCUT2D eigenvalue weighted by molar-refractivity contribution is -0.141. The Kier molecular flexibility index (Phi) is 8.53. The van der Waals surface area contributed by atoms with Gasteiger partial charge in [-0.2, -0.15) is 18.2 Å². The number of para-hydroxylation sites is 1. The minimum atomic E-state index is -4.83. The van der Waals surface area contributed by atoms with Crippen molar-refractivity contribution in [2.24, 2.45) is 29.1 Å². The number of pyridine rings is 1. The number of amides is 4. The van der Waals surface area contributed by atoms with Crippen LogP contribution in [-0.2, 0) is 31.8 Å². The SMILES string of the molecule is C=CCc1cccc([C@H]2C3=CC[C@@H]4C(=O)N(N(C)c5nc(C(F)(F)F)ccc5Cl)C(=O)[C@@H]4[C@@H]3C[C@H]3C(=O)N(c4ccc(F)c(Cl)c4)C(=O)[C@@]23C)c1O. The van der Waals surface area contributed by atoms with Crippen LogP contribution in [0.1, 0.15) is 42.5 Å². The number of hydrogen-bond acceptors (Lipinski definition) is 7. The predicted octanol–water partition coefficient (Wildman–Crippen LogP) is 7.26. The molecule has 2 aliphatic carbocycles. The molecular weight excluding hydrogens is 727 g/mol. The first-order valence-electron chi connectivity index (χ1n) is 16.3. The van der Waals surface area contributed by atoms with Gasteiger partial charge in [-0.1, -0.05) is 59.1 Å². The number of rotatable bonds is 6. The number of aromatic nitrogens is 1. The maximum Gasteiger partial charge on any atom is 0.433 e. The minimum absolute atomic E-state index is 0.0267. The highest BCUT2D eigenvalue weighted by atomic mass is 35.5. The van der Waals surface area contributed by atoms with E-state index in [2.05, 4.69) is 11.6 Å². The molecule has 2 aromatic carbocycles. The Hall–Kier alpha value is -4.75. The number of aromatic hydroxyl groups is 1. The molecule has 6 atom stereocenters. The lowest BCUT2D eigenvalue weighted by Gasteiger charge is -2.49. The van der Waals surface area contributed by atoms with Crippen LogP contribution in [0, 0.1) is 34.9 Å². The molecule has 0 radical (unpaired) electrons. The summed E-state index contributed by atoms with van der Waals surface area (Å²) >= 11 is 12.3. The predicted molar refractivity (Wildman–Crippen MR) is 183 cm³/mol. The van der Waals surface area contributed by atoms with Crippen molar-refractivity contribution in [3.8, 4) is 5.75 Å². The van der Waals surface area contributed by atoms with Gasteiger partial charge in [-0.25, -0.2) is 14.3 Å². The highest BCUT2D eigenvalue weighted by molar-refractivity contribution is 6.33. The average Bonchev–Trinajstić information content (AvgIpc) is 3.46. The lowest BCUT2D eigenvalue weighted by Crippen LogP contribution is -2.49. The van der Waals surface area contributed by atoms with E-state index in [0.29, 0.717) is 22.8 Å². The smallest absolute Gasteiger partial charge is 0.433 e. The van der Waals surface area contributed by atoms with E-state index in [1.54, 1.807) is 37.3 Å². The Morgan fingerprint density at radius 1 is 1.04 bits per heavy atom. The first-order valence-corrected chi connectivity index (χ1v) is 17.1. The van der Waals surface area contributed by atoms with Crippen molar-refractivity contribution < 1.29 is 41.8 Å². The topological polar surface area (TPSA) is 111 Å². The number of nitrogens with zero attached hydrogens (tertiary/aromatic N) is 4. The van der Waals surface area contributed by atoms with Gasteiger partial charge in [0.05, 0.1) is 38.9 Å². The standard InChI is InChI=1S/C37H30Cl2F4N4O5/c1-4-6-17-7-5-8-21(30(17)48)29-19-10-11-20-28(34(51)47(32(20)49)45(3)31-24(38)12-14-27(44-31)37(41,42)43)22(19)16-23-33(50)46(35(52)36(23,29)2)18-9-13-26(40)25(39)15-18/h4-5,7-10,12-15,20,22-23,28-29,48H,1,6,11,16H2,2-3H3/t20-,22+,23-,28-,29+,36+/m0/s1. The van der Waals surface area contributed by atoms with E-state index < -0.39 is 82.1 Å². The number of anilines is 2. The first kappa shape index (κ1) is 35.6. The average molecular weight is 758 g/mol. The molecule has 3 fully saturated rings. The Balaban J connectivity index is 1.35. The van der Waals surface area contributed by atoms with Gasteiger partial charge >= 0.3 is 6.18 Å². The third-order valence-electron chi connectivity index (χ3n) is 11.0. The highest BCUT2D eigenvalue weighted by Gasteiger charge is 2.68. The summed E-state index contributed by atoms with van der Waals surface area (Å²) in [7, 11) is 1.21. The zero-order valence-electron chi connectivity index (χ0n) is 27.6. The summed E-state index contributed by atoms with van der Waals surface area (Å²) in [6.45, 7) is 5.38. The molecular formula is C37H30Cl2F4N4O5. The Morgan fingerprint density at radius 3 is 2.44 bits per heavy atom. The van der Waals surface area contributed by atoms with E-state index in [0.717, 1.165) is 27.1 Å². The molecule has 1 aromatic heterocycles. The number of fused-ring (bicyclic) bond motifs is 4. The van der Waals surface area contributed by atoms with Crippen LogP contribution in [0.2, 0.25) is 10.0 Å². The molecule has 0 bridgehead atoms. The molecule has 270 valence electrons. The number of alkyl halides is 3. The second-order valence-electron chi connectivity index (χ2n) is 13.6. The normalized spacial score (nSPS) is 27.0. The van der Waals surface area contributed by atoms with Crippen molar-refractivity contribution in [2.45, 2.75) is 38.3 Å². The van der Waals surface area contributed by atoms with E-state index in [4.69, 9.17) is 23.2 Å². The van der Waals surface area contributed by atoms with Crippen molar-refractivity contribution in [1.29, 1.82) is 0 Å². The van der Waals surface area contributed by atoms with E-state index >= 15 is 0 Å². The maximum absolute atomic E-state index is 14.6. The summed E-state index contributed by atoms with van der Waals surface area (Å²) in [4.78, 5) is 62.0. The minimum Gasteiger partial charge on any atom is -0.507 e. The molecule has 15 heteroatoms. The number of phenols is 1. The molecule has 3 aromatic rings. The molecule has 0 unspecified atom stereocenters. The third-order valence-corrected chi connectivity index (χ3v) is 11.5. The van der Waals surface area contributed by atoms with Gasteiger partial charge in [-0.15, -0.1) is 6.58 Å². The van der Waals surface area contributed by atoms with Gasteiger partial charge in [-0.3, -0.25) is 24.2 Å². The van der Waals surface area contributed by atoms with Gasteiger partial charge < -0.3 is 5.11 Å². The number of allylic oxidation sites excluding steroid dienone is 3. The lowest BCUT2D eigenvalue weighted by atomic mass is 9.51. The summed E-state index contributed by atoms with van der Waals surface area (Å²) in [6, 6.07) is 10.2. The molecule has 2 saturated heterocycles. The maximum atomic E-state index is 14.6. The van der Waals surface area contributed by atoms with E-state index in [9.17, 15) is 41.8 Å². The number of carbonyl (C=O) groups is 4. The van der Waals surface area contributed by atoms with Crippen molar-refractivity contribution in [1.82, 2.24) is 9.99 Å². The molecule has 3 heterocycles. The fourth-order valence-electron chi connectivity index (χ4n) is 8.58. The van der Waals surface area contributed by atoms with Crippen LogP contribution in [0.25, 0.3) is 0 Å². The molecule has 1 N–H and O–H groups in total. The van der Waals surface area contributed by atoms with Crippen LogP contribution in [0.5, 0.6) is 5.75 Å². The van der Waals surface area contributed by atoms with E-state index in [1.807, 2.05) is 0 Å². The van der Waals surface area contributed by atoms with Gasteiger partial charge in [0.2, 0.25) is 11.8 Å². The summed E-state index contributed by atoms with van der Waals surface area (Å²) < 4.78 is 54.9. The van der Waals surface area contributed by atoms with Crippen LogP contribution in [0.3, 0.4) is 0 Å². The Bertz CT molecular complexity index is 2130. The summed E-state index contributed by atoms with van der Waals surface area (Å²) in [6.07, 6.45) is -1.21. The number of hydrazine groups is 1. The molecule has 52 heavy (non-hydrogen) atoms. The fourth-order valence-corrected chi connectivity index (χ4v) is 8.99. The van der Waals surface area contributed by atoms with Crippen LogP contribution in [0.15, 0.2) is 72.8 Å². The fraction of sp³-hybridized carbons (Fsp3) is 0.324. The van der Waals surface area contributed by atoms with Gasteiger partial charge in [0.1, 0.15) is 17.3 Å². The quantitative estimate of drug-likeness (QED) is 0.160. The summed E-state index contributed by atoms with van der Waals surface area (Å²) in [5.74, 6) is -8.92. The van der Waals surface area contributed by atoms with E-state index in [-0.39, 0.29) is 40.7 Å². The molecule has 7 rings (SSSR count). The molecule has 4 aliphatic rings. The summed E-state index contributed by atoms with van der Waals surface area (Å²) in [5, 5.41) is 12.7. The number of benzene rings is 2. The van der Waals surface area contributed by atoms with Crippen molar-refractivity contribution in [3.63, 3.8) is 0 Å². The molecule has 2 aliphatic heterocycles. The van der Waals surface area contributed by atoms with Gasteiger partial charge in [-0.05, 0) is 68.0 Å². The largest absolute Gasteiger partial charge is 0.507 e. The zero-order chi connectivity index (χ0) is 37.6. The molecule has 1 saturated carbocycles. The number of halogens is 6. The third kappa shape index (κ3) is 5.14. The monoisotopic (exact) mass is 756 g/mol. The number of carbonyl (C=O) groups excluding carboxylic acids is 4. The van der Waals surface area contributed by atoms with Crippen LogP contribution >= 0.6 is 23.2 Å². The van der Waals surface area contributed by atoms with Crippen molar-refractivity contribution in [2.75, 3.05) is 17.0 Å². The van der Waals surface area contributed by atoms with Crippen molar-refractivity contribution >= 4 is 58.3 Å². The Morgan fingerprint density at radius 2 is 1.77 bits per heavy atom. The second kappa shape index (κ2) is 12.4. The van der Waals surface area contributed by atoms with Gasteiger partial charge in [0.25, 0.3) is 11.8 Å². The molecule has 4 amide bonds. The van der Waals surface area contributed by atoms with Crippen LogP contribution in [-0.4, -0.2) is 45.8 Å². The van der Waals surface area contributed by atoms with Crippen LogP contribution < -0.4 is 9.91 Å². The number of phenolic OH excluding ortho intramolecular Hbond substituents is 1. The zero-order valence-corrected chi connectivity index (χ0v) is 29.1. The highest BCUT2D eigenvalue weighted by Crippen LogP contribution is 2.64. The molecule has 0 spiro atoms. The Labute approximate surface area is 305 Å². The van der Waals surface area contributed by atoms with Gasteiger partial charge in [0, 0.05) is 18.5 Å². The second-order valence-corrected chi connectivity index (χ2v) is 14.4. The number of imide groups is 2. The first-order chi connectivity index (χ1) is 24.5. The van der Waals surface area contributed by atoms with Crippen LogP contribution in [0.4, 0.5) is 29.1 Å². The van der Waals surface area contributed by atoms with Crippen molar-refractivity contribution in [3.05, 3.63) is 106 Å².